The summed E-state index contributed by atoms with van der Waals surface area (Å²) < 4.78 is 18.3. The van der Waals surface area contributed by atoms with Crippen molar-refractivity contribution in [1.29, 1.82) is 0 Å². The molecule has 0 aliphatic carbocycles. The highest BCUT2D eigenvalue weighted by atomic mass is 16.7. The van der Waals surface area contributed by atoms with Crippen LogP contribution in [-0.2, 0) is 33.8 Å². The van der Waals surface area contributed by atoms with Gasteiger partial charge in [-0.3, -0.25) is 4.68 Å². The zero-order valence-corrected chi connectivity index (χ0v) is 18.9. The molecule has 0 amide bonds. The molecule has 10 heteroatoms. The van der Waals surface area contributed by atoms with Gasteiger partial charge in [-0.1, -0.05) is 42.5 Å². The van der Waals surface area contributed by atoms with Crippen LogP contribution in [0.1, 0.15) is 31.0 Å². The Labute approximate surface area is 193 Å². The van der Waals surface area contributed by atoms with Gasteiger partial charge in [-0.15, -0.1) is 5.10 Å². The van der Waals surface area contributed by atoms with Crippen molar-refractivity contribution in [1.82, 2.24) is 15.0 Å². The van der Waals surface area contributed by atoms with E-state index in [2.05, 4.69) is 41.5 Å². The van der Waals surface area contributed by atoms with Crippen LogP contribution in [0.5, 0.6) is 0 Å². The molecule has 3 rings (SSSR count). The molecule has 0 saturated carbocycles. The predicted molar refractivity (Wildman–Crippen MR) is 118 cm³/mol. The standard InChI is InChI=1S/C23H35N3O7/c1-16(11-17-7-3-2-4-8-17)12-26-13-18(24-25-26)15-31-9-5-6-10-32-23-22(30)21(29)20(28)19(14-27)33-23/h2-4,7-8,13,16,19-23,27-30H,5-6,9-12,14-15H2,1H3/t16-,19?,20?,21?,22?,23?/m1/s1. The quantitative estimate of drug-likeness (QED) is 0.307. The van der Waals surface area contributed by atoms with Crippen LogP contribution < -0.4 is 0 Å². The molecule has 5 unspecified atom stereocenters. The van der Waals surface area contributed by atoms with Gasteiger partial charge in [-0.05, 0) is 30.7 Å². The van der Waals surface area contributed by atoms with E-state index in [-0.39, 0.29) is 6.61 Å². The number of aliphatic hydroxyl groups is 4. The third-order valence-electron chi connectivity index (χ3n) is 5.58. The number of ether oxygens (including phenoxy) is 3. The summed E-state index contributed by atoms with van der Waals surface area (Å²) in [4.78, 5) is 0. The van der Waals surface area contributed by atoms with Gasteiger partial charge >= 0.3 is 0 Å². The summed E-state index contributed by atoms with van der Waals surface area (Å²) >= 11 is 0. The van der Waals surface area contributed by atoms with Crippen LogP contribution >= 0.6 is 0 Å². The molecular weight excluding hydrogens is 430 g/mol. The van der Waals surface area contributed by atoms with Gasteiger partial charge in [0.2, 0.25) is 0 Å². The number of aliphatic hydroxyl groups excluding tert-OH is 4. The second-order valence-corrected chi connectivity index (χ2v) is 8.55. The highest BCUT2D eigenvalue weighted by Crippen LogP contribution is 2.22. The van der Waals surface area contributed by atoms with E-state index in [4.69, 9.17) is 14.2 Å². The molecule has 1 aromatic heterocycles. The van der Waals surface area contributed by atoms with Crippen LogP contribution in [0.4, 0.5) is 0 Å². The first kappa shape index (κ1) is 25.7. The lowest BCUT2D eigenvalue weighted by Gasteiger charge is -2.39. The molecule has 10 nitrogen and oxygen atoms in total. The zero-order valence-electron chi connectivity index (χ0n) is 18.9. The minimum absolute atomic E-state index is 0.279. The first-order valence-corrected chi connectivity index (χ1v) is 11.4. The minimum Gasteiger partial charge on any atom is -0.394 e. The fraction of sp³-hybridized carbons (Fsp3) is 0.652. The molecule has 6 atom stereocenters. The molecule has 1 aromatic carbocycles. The van der Waals surface area contributed by atoms with E-state index < -0.39 is 37.3 Å². The number of benzene rings is 1. The second-order valence-electron chi connectivity index (χ2n) is 8.55. The van der Waals surface area contributed by atoms with Crippen molar-refractivity contribution in [2.45, 2.75) is 70.0 Å². The maximum Gasteiger partial charge on any atom is 0.186 e. The van der Waals surface area contributed by atoms with Gasteiger partial charge in [-0.25, -0.2) is 0 Å². The lowest BCUT2D eigenvalue weighted by molar-refractivity contribution is -0.301. The normalized spacial score (nSPS) is 26.4. The maximum absolute atomic E-state index is 9.94. The van der Waals surface area contributed by atoms with E-state index in [1.165, 1.54) is 5.56 Å². The molecule has 2 aromatic rings. The van der Waals surface area contributed by atoms with Gasteiger partial charge in [0.15, 0.2) is 6.29 Å². The molecule has 4 N–H and O–H groups in total. The molecule has 1 aliphatic rings. The lowest BCUT2D eigenvalue weighted by Crippen LogP contribution is -2.59. The Balaban J connectivity index is 1.27. The Hall–Kier alpha value is -1.92. The molecular formula is C23H35N3O7. The smallest absolute Gasteiger partial charge is 0.186 e. The fourth-order valence-corrected chi connectivity index (χ4v) is 3.78. The Morgan fingerprint density at radius 2 is 1.82 bits per heavy atom. The molecule has 184 valence electrons. The van der Waals surface area contributed by atoms with Gasteiger partial charge in [0, 0.05) is 19.8 Å². The Kier molecular flexibility index (Phi) is 10.2. The molecule has 1 fully saturated rings. The highest BCUT2D eigenvalue weighted by molar-refractivity contribution is 5.15. The molecule has 1 aliphatic heterocycles. The van der Waals surface area contributed by atoms with Gasteiger partial charge < -0.3 is 34.6 Å². The number of rotatable bonds is 13. The Morgan fingerprint density at radius 1 is 1.06 bits per heavy atom. The van der Waals surface area contributed by atoms with Gasteiger partial charge in [0.1, 0.15) is 30.1 Å². The third-order valence-corrected chi connectivity index (χ3v) is 5.58. The predicted octanol–water partition coefficient (Wildman–Crippen LogP) is 0.270. The Bertz CT molecular complexity index is 804. The van der Waals surface area contributed by atoms with E-state index in [0.29, 0.717) is 25.6 Å². The summed E-state index contributed by atoms with van der Waals surface area (Å²) in [5.41, 5.74) is 2.09. The van der Waals surface area contributed by atoms with Gasteiger partial charge in [-0.2, -0.15) is 0 Å². The first-order chi connectivity index (χ1) is 16.0. The van der Waals surface area contributed by atoms with E-state index in [1.54, 1.807) is 0 Å². The van der Waals surface area contributed by atoms with E-state index in [9.17, 15) is 20.4 Å². The van der Waals surface area contributed by atoms with E-state index in [1.807, 2.05) is 16.9 Å². The maximum atomic E-state index is 9.94. The van der Waals surface area contributed by atoms with Crippen LogP contribution in [0.25, 0.3) is 0 Å². The van der Waals surface area contributed by atoms with Crippen LogP contribution in [0.2, 0.25) is 0 Å². The average Bonchev–Trinajstić information content (AvgIpc) is 3.25. The number of hydrogen-bond donors (Lipinski definition) is 4. The second kappa shape index (κ2) is 13.1. The summed E-state index contributed by atoms with van der Waals surface area (Å²) in [7, 11) is 0. The average molecular weight is 466 g/mol. The minimum atomic E-state index is -1.43. The van der Waals surface area contributed by atoms with Gasteiger partial charge in [0.25, 0.3) is 0 Å². The van der Waals surface area contributed by atoms with Gasteiger partial charge in [0.05, 0.1) is 19.4 Å². The summed E-state index contributed by atoms with van der Waals surface area (Å²) in [6.45, 7) is 3.67. The third kappa shape index (κ3) is 7.82. The van der Waals surface area contributed by atoms with Crippen molar-refractivity contribution >= 4 is 0 Å². The first-order valence-electron chi connectivity index (χ1n) is 11.4. The molecule has 0 radical (unpaired) electrons. The van der Waals surface area contributed by atoms with Crippen LogP contribution in [0, 0.1) is 5.92 Å². The molecule has 1 saturated heterocycles. The molecule has 33 heavy (non-hydrogen) atoms. The Morgan fingerprint density at radius 3 is 2.58 bits per heavy atom. The van der Waals surface area contributed by atoms with Crippen molar-refractivity contribution < 1.29 is 34.6 Å². The van der Waals surface area contributed by atoms with Crippen molar-refractivity contribution in [3.8, 4) is 0 Å². The van der Waals surface area contributed by atoms with Crippen molar-refractivity contribution in [2.75, 3.05) is 19.8 Å². The zero-order chi connectivity index (χ0) is 23.6. The van der Waals surface area contributed by atoms with E-state index >= 15 is 0 Å². The number of hydrogen-bond acceptors (Lipinski definition) is 9. The summed E-state index contributed by atoms with van der Waals surface area (Å²) in [6.07, 6.45) is -1.99. The lowest BCUT2D eigenvalue weighted by atomic mass is 9.99. The monoisotopic (exact) mass is 465 g/mol. The van der Waals surface area contributed by atoms with Crippen LogP contribution in [0.15, 0.2) is 36.5 Å². The molecule has 0 bridgehead atoms. The van der Waals surface area contributed by atoms with Crippen LogP contribution in [-0.4, -0.2) is 85.9 Å². The fourth-order valence-electron chi connectivity index (χ4n) is 3.78. The summed E-state index contributed by atoms with van der Waals surface area (Å²) in [5.74, 6) is 0.437. The highest BCUT2D eigenvalue weighted by Gasteiger charge is 2.43. The van der Waals surface area contributed by atoms with Crippen molar-refractivity contribution in [2.24, 2.45) is 5.92 Å². The molecule has 0 spiro atoms. The van der Waals surface area contributed by atoms with Crippen LogP contribution in [0.3, 0.4) is 0 Å². The summed E-state index contributed by atoms with van der Waals surface area (Å²) in [6, 6.07) is 10.4. The topological polar surface area (TPSA) is 139 Å². The number of nitrogens with zero attached hydrogens (tertiary/aromatic N) is 3. The van der Waals surface area contributed by atoms with E-state index in [0.717, 1.165) is 25.1 Å². The summed E-state index contributed by atoms with van der Waals surface area (Å²) in [5, 5.41) is 47.0. The molecule has 2 heterocycles. The SMILES string of the molecule is C[C@H](Cc1ccccc1)Cn1cc(COCCCCOC2OC(CO)C(O)C(O)C2O)nn1. The number of unbranched alkanes of at least 4 members (excludes halogenated alkanes) is 1. The van der Waals surface area contributed by atoms with Crippen molar-refractivity contribution in [3.05, 3.63) is 47.8 Å². The van der Waals surface area contributed by atoms with Crippen molar-refractivity contribution in [3.63, 3.8) is 0 Å². The largest absolute Gasteiger partial charge is 0.394 e. The number of aromatic nitrogens is 3.